The molecule has 0 unspecified atom stereocenters. The molecule has 1 nitrogen and oxygen atoms in total. The number of hydrogen-bond donors (Lipinski definition) is 0. The predicted molar refractivity (Wildman–Crippen MR) is 295 cm³/mol. The van der Waals surface area contributed by atoms with Crippen LogP contribution in [0.25, 0.3) is 33.0 Å². The molecule has 0 aromatic heterocycles. The standard InChI is InChI=1S/C64H61B2N/c1-38-29-42(5)61(43(6)30-38)65(62-44(7)31-39(2)32-45(62)8)51-23-21-50(22-24-51)54-27-28-57-55-26-25-52(37-59(55)67(53-17-14-13-15-18-53)58-20-16-19-56(54)60(57)58)66(63-46(9)33-40(3)34-47(63)10)64-48(11)35-41(4)36-49(64)12/h13-37H,1-12H3. The lowest BCUT2D eigenvalue weighted by Crippen LogP contribution is -2.56. The Morgan fingerprint density at radius 1 is 0.313 bits per heavy atom. The SMILES string of the molecule is Cc1cc(C)c(B(c2ccc(-c3ccc4c5c(cccc35)N(c3ccccc3)c3cc(B(c5c(C)cc(C)cc5C)c5c(C)cc(C)cc5C)ccc3-4)cc2)c2c(C)cc(C)cc2C)c(C)c1. The molecule has 0 amide bonds. The molecule has 0 saturated carbocycles. The number of anilines is 3. The number of benzene rings is 9. The summed E-state index contributed by atoms with van der Waals surface area (Å²) in [5.74, 6) is 0. The van der Waals surface area contributed by atoms with E-state index in [9.17, 15) is 0 Å². The van der Waals surface area contributed by atoms with Gasteiger partial charge in [-0.15, -0.1) is 0 Å². The van der Waals surface area contributed by atoms with Crippen LogP contribution in [0.4, 0.5) is 17.1 Å². The highest BCUT2D eigenvalue weighted by Gasteiger charge is 2.33. The van der Waals surface area contributed by atoms with E-state index >= 15 is 0 Å². The first-order valence-electron chi connectivity index (χ1n) is 24.1. The third kappa shape index (κ3) is 7.63. The lowest BCUT2D eigenvalue weighted by atomic mass is 9.34. The largest absolute Gasteiger partial charge is 0.309 e. The average Bonchev–Trinajstić information content (AvgIpc) is 3.27. The van der Waals surface area contributed by atoms with Crippen molar-refractivity contribution in [2.24, 2.45) is 0 Å². The van der Waals surface area contributed by atoms with Crippen molar-refractivity contribution >= 4 is 74.0 Å². The first-order valence-corrected chi connectivity index (χ1v) is 24.1. The smallest absolute Gasteiger partial charge is 0.242 e. The van der Waals surface area contributed by atoms with Gasteiger partial charge in [0, 0.05) is 16.6 Å². The molecular weight excluding hydrogens is 804 g/mol. The molecule has 328 valence electrons. The molecule has 9 aromatic carbocycles. The van der Waals surface area contributed by atoms with Crippen molar-refractivity contribution in [2.45, 2.75) is 83.1 Å². The van der Waals surface area contributed by atoms with Gasteiger partial charge >= 0.3 is 0 Å². The number of aryl methyl sites for hydroxylation is 12. The quantitative estimate of drug-likeness (QED) is 0.138. The fourth-order valence-electron chi connectivity index (χ4n) is 12.6. The van der Waals surface area contributed by atoms with E-state index in [0.29, 0.717) is 0 Å². The maximum Gasteiger partial charge on any atom is 0.242 e. The van der Waals surface area contributed by atoms with Crippen LogP contribution in [0.3, 0.4) is 0 Å². The van der Waals surface area contributed by atoms with Gasteiger partial charge in [-0.1, -0.05) is 227 Å². The van der Waals surface area contributed by atoms with E-state index in [4.69, 9.17) is 0 Å². The topological polar surface area (TPSA) is 3.24 Å². The molecule has 9 aromatic rings. The molecule has 0 bridgehead atoms. The van der Waals surface area contributed by atoms with E-state index in [1.54, 1.807) is 0 Å². The Morgan fingerprint density at radius 3 is 1.18 bits per heavy atom. The second-order valence-corrected chi connectivity index (χ2v) is 20.0. The first-order chi connectivity index (χ1) is 32.2. The summed E-state index contributed by atoms with van der Waals surface area (Å²) in [6.07, 6.45) is 0. The Morgan fingerprint density at radius 2 is 0.716 bits per heavy atom. The van der Waals surface area contributed by atoms with Crippen LogP contribution >= 0.6 is 0 Å². The van der Waals surface area contributed by atoms with Crippen molar-refractivity contribution in [3.8, 4) is 22.3 Å². The minimum absolute atomic E-state index is 0.0731. The minimum Gasteiger partial charge on any atom is -0.309 e. The molecule has 0 saturated heterocycles. The van der Waals surface area contributed by atoms with Crippen LogP contribution in [-0.4, -0.2) is 13.4 Å². The molecule has 1 heterocycles. The van der Waals surface area contributed by atoms with E-state index in [-0.39, 0.29) is 13.4 Å². The van der Waals surface area contributed by atoms with E-state index in [2.05, 4.69) is 240 Å². The molecular formula is C64H61B2N. The Balaban J connectivity index is 1.15. The van der Waals surface area contributed by atoms with Gasteiger partial charge in [0.1, 0.15) is 0 Å². The first kappa shape index (κ1) is 44.0. The van der Waals surface area contributed by atoms with Crippen LogP contribution in [0.2, 0.25) is 0 Å². The van der Waals surface area contributed by atoms with Gasteiger partial charge in [0.2, 0.25) is 13.4 Å². The highest BCUT2D eigenvalue weighted by Crippen LogP contribution is 2.52. The molecule has 0 atom stereocenters. The average molecular weight is 866 g/mol. The summed E-state index contributed by atoms with van der Waals surface area (Å²) in [5.41, 5.74) is 32.8. The van der Waals surface area contributed by atoms with Crippen LogP contribution in [0.1, 0.15) is 66.8 Å². The Kier molecular flexibility index (Phi) is 11.2. The lowest BCUT2D eigenvalue weighted by molar-refractivity contribution is 1.29. The Bertz CT molecular complexity index is 3220. The molecule has 1 aliphatic heterocycles. The van der Waals surface area contributed by atoms with Gasteiger partial charge in [-0.05, 0) is 129 Å². The molecule has 67 heavy (non-hydrogen) atoms. The van der Waals surface area contributed by atoms with Crippen LogP contribution < -0.4 is 37.7 Å². The third-order valence-electron chi connectivity index (χ3n) is 14.8. The van der Waals surface area contributed by atoms with Gasteiger partial charge in [-0.2, -0.15) is 0 Å². The molecule has 0 spiro atoms. The van der Waals surface area contributed by atoms with Crippen molar-refractivity contribution in [3.63, 3.8) is 0 Å². The highest BCUT2D eigenvalue weighted by molar-refractivity contribution is 6.97. The number of nitrogens with zero attached hydrogens (tertiary/aromatic N) is 1. The van der Waals surface area contributed by atoms with Crippen LogP contribution in [0, 0.1) is 83.1 Å². The zero-order chi connectivity index (χ0) is 47.0. The van der Waals surface area contributed by atoms with Crippen molar-refractivity contribution in [1.29, 1.82) is 0 Å². The van der Waals surface area contributed by atoms with Gasteiger partial charge < -0.3 is 4.90 Å². The highest BCUT2D eigenvalue weighted by atomic mass is 15.2. The van der Waals surface area contributed by atoms with E-state index < -0.39 is 0 Å². The second kappa shape index (κ2) is 17.1. The maximum absolute atomic E-state index is 2.52. The second-order valence-electron chi connectivity index (χ2n) is 20.0. The van der Waals surface area contributed by atoms with Gasteiger partial charge in [0.05, 0.1) is 11.4 Å². The molecule has 10 rings (SSSR count). The summed E-state index contributed by atoms with van der Waals surface area (Å²) in [5, 5.41) is 2.55. The Hall–Kier alpha value is -6.83. The molecule has 0 aliphatic carbocycles. The fraction of sp³-hybridized carbons (Fsp3) is 0.188. The maximum atomic E-state index is 2.52. The van der Waals surface area contributed by atoms with Crippen LogP contribution in [-0.2, 0) is 0 Å². The molecule has 3 heteroatoms. The molecule has 0 N–H and O–H groups in total. The molecule has 1 aliphatic rings. The fourth-order valence-corrected chi connectivity index (χ4v) is 12.6. The van der Waals surface area contributed by atoms with Crippen LogP contribution in [0.5, 0.6) is 0 Å². The van der Waals surface area contributed by atoms with Gasteiger partial charge in [0.15, 0.2) is 0 Å². The van der Waals surface area contributed by atoms with Crippen molar-refractivity contribution < 1.29 is 0 Å². The summed E-state index contributed by atoms with van der Waals surface area (Å²) in [6, 6.07) is 58.4. The summed E-state index contributed by atoms with van der Waals surface area (Å²) >= 11 is 0. The summed E-state index contributed by atoms with van der Waals surface area (Å²) in [7, 11) is 0. The lowest BCUT2D eigenvalue weighted by Gasteiger charge is -2.35. The van der Waals surface area contributed by atoms with E-state index in [1.807, 2.05) is 0 Å². The number of rotatable bonds is 8. The minimum atomic E-state index is 0.0731. The van der Waals surface area contributed by atoms with Crippen molar-refractivity contribution in [2.75, 3.05) is 4.90 Å². The number of para-hydroxylation sites is 1. The van der Waals surface area contributed by atoms with E-state index in [0.717, 1.165) is 5.69 Å². The summed E-state index contributed by atoms with van der Waals surface area (Å²) in [4.78, 5) is 2.52. The van der Waals surface area contributed by atoms with Crippen molar-refractivity contribution in [1.82, 2.24) is 0 Å². The van der Waals surface area contributed by atoms with E-state index in [1.165, 1.54) is 144 Å². The molecule has 0 radical (unpaired) electrons. The monoisotopic (exact) mass is 865 g/mol. The summed E-state index contributed by atoms with van der Waals surface area (Å²) < 4.78 is 0. The molecule has 0 fully saturated rings. The van der Waals surface area contributed by atoms with Gasteiger partial charge in [0.25, 0.3) is 0 Å². The van der Waals surface area contributed by atoms with Crippen LogP contribution in [0.15, 0.2) is 152 Å². The van der Waals surface area contributed by atoms with Gasteiger partial charge in [-0.3, -0.25) is 0 Å². The Labute approximate surface area is 400 Å². The third-order valence-corrected chi connectivity index (χ3v) is 14.8. The summed E-state index contributed by atoms with van der Waals surface area (Å²) in [6.45, 7) is 27.4. The van der Waals surface area contributed by atoms with Crippen molar-refractivity contribution in [3.05, 3.63) is 218 Å². The zero-order valence-electron chi connectivity index (χ0n) is 41.5. The predicted octanol–water partition coefficient (Wildman–Crippen LogP) is 12.7. The zero-order valence-corrected chi connectivity index (χ0v) is 41.5. The number of hydrogen-bond acceptors (Lipinski definition) is 1. The number of fused-ring (bicyclic) bond motifs is 2. The van der Waals surface area contributed by atoms with Gasteiger partial charge in [-0.25, -0.2) is 0 Å². The normalized spacial score (nSPS) is 11.9.